The third-order valence-corrected chi connectivity index (χ3v) is 4.09. The standard InChI is InChI=1S/C19H19N3O4/c1-12-8-9-15-14(10-12)20-17(24)19(2,26-15)18(25)22-21-16(23)11-13-6-4-3-5-7-13/h3-10H,11H2,1-2H3,(H,20,24)(H,21,23)(H,22,25). The van der Waals surface area contributed by atoms with Crippen molar-refractivity contribution in [1.29, 1.82) is 0 Å². The van der Waals surface area contributed by atoms with Crippen LogP contribution in [0.1, 0.15) is 18.1 Å². The van der Waals surface area contributed by atoms with Crippen molar-refractivity contribution < 1.29 is 19.1 Å². The molecule has 3 rings (SSSR count). The molecule has 26 heavy (non-hydrogen) atoms. The van der Waals surface area contributed by atoms with Gasteiger partial charge in [0.05, 0.1) is 12.1 Å². The van der Waals surface area contributed by atoms with Gasteiger partial charge in [0, 0.05) is 0 Å². The molecule has 1 aliphatic rings. The van der Waals surface area contributed by atoms with E-state index in [2.05, 4.69) is 16.2 Å². The first-order valence-electron chi connectivity index (χ1n) is 8.13. The maximum absolute atomic E-state index is 12.5. The van der Waals surface area contributed by atoms with E-state index < -0.39 is 23.3 Å². The highest BCUT2D eigenvalue weighted by atomic mass is 16.5. The van der Waals surface area contributed by atoms with Crippen LogP contribution < -0.4 is 20.9 Å². The van der Waals surface area contributed by atoms with Crippen LogP contribution in [0, 0.1) is 6.92 Å². The Hall–Kier alpha value is -3.35. The molecule has 3 N–H and O–H groups in total. The molecule has 1 atom stereocenters. The second-order valence-corrected chi connectivity index (χ2v) is 6.25. The second kappa shape index (κ2) is 6.87. The number of rotatable bonds is 3. The Labute approximate surface area is 150 Å². The molecule has 0 aliphatic carbocycles. The van der Waals surface area contributed by atoms with Crippen molar-refractivity contribution in [3.05, 3.63) is 59.7 Å². The highest BCUT2D eigenvalue weighted by molar-refractivity contribution is 6.15. The zero-order chi connectivity index (χ0) is 18.7. The quantitative estimate of drug-likeness (QED) is 0.575. The molecule has 7 nitrogen and oxygen atoms in total. The number of hydrazine groups is 1. The first-order chi connectivity index (χ1) is 12.4. The SMILES string of the molecule is Cc1ccc2c(c1)NC(=O)C(C)(C(=O)NNC(=O)Cc1ccccc1)O2. The molecule has 1 aliphatic heterocycles. The lowest BCUT2D eigenvalue weighted by Crippen LogP contribution is -2.61. The van der Waals surface area contributed by atoms with E-state index in [0.29, 0.717) is 11.4 Å². The van der Waals surface area contributed by atoms with Gasteiger partial charge in [-0.1, -0.05) is 36.4 Å². The molecule has 0 bridgehead atoms. The molecule has 3 amide bonds. The highest BCUT2D eigenvalue weighted by Crippen LogP contribution is 2.34. The predicted molar refractivity (Wildman–Crippen MR) is 95.3 cm³/mol. The minimum absolute atomic E-state index is 0.104. The molecule has 0 spiro atoms. The maximum Gasteiger partial charge on any atom is 0.292 e. The van der Waals surface area contributed by atoms with E-state index >= 15 is 0 Å². The minimum atomic E-state index is -1.79. The molecule has 0 saturated carbocycles. The van der Waals surface area contributed by atoms with Gasteiger partial charge in [-0.05, 0) is 37.1 Å². The molecular weight excluding hydrogens is 334 g/mol. The van der Waals surface area contributed by atoms with Crippen LogP contribution in [0.25, 0.3) is 0 Å². The van der Waals surface area contributed by atoms with Crippen LogP contribution in [0.2, 0.25) is 0 Å². The summed E-state index contributed by atoms with van der Waals surface area (Å²) in [6, 6.07) is 14.4. The lowest BCUT2D eigenvalue weighted by molar-refractivity contribution is -0.148. The predicted octanol–water partition coefficient (Wildman–Crippen LogP) is 1.47. The highest BCUT2D eigenvalue weighted by Gasteiger charge is 2.47. The molecule has 1 unspecified atom stereocenters. The summed E-state index contributed by atoms with van der Waals surface area (Å²) < 4.78 is 5.62. The number of benzene rings is 2. The summed E-state index contributed by atoms with van der Waals surface area (Å²) >= 11 is 0. The van der Waals surface area contributed by atoms with Gasteiger partial charge in [0.1, 0.15) is 5.75 Å². The Kier molecular flexibility index (Phi) is 4.62. The number of amides is 3. The van der Waals surface area contributed by atoms with Gasteiger partial charge in [-0.15, -0.1) is 0 Å². The Morgan fingerprint density at radius 3 is 2.58 bits per heavy atom. The molecule has 0 radical (unpaired) electrons. The lowest BCUT2D eigenvalue weighted by Gasteiger charge is -2.33. The molecule has 0 fully saturated rings. The molecular formula is C19H19N3O4. The number of anilines is 1. The summed E-state index contributed by atoms with van der Waals surface area (Å²) in [4.78, 5) is 36.8. The third kappa shape index (κ3) is 3.51. The van der Waals surface area contributed by atoms with Crippen LogP contribution in [-0.2, 0) is 20.8 Å². The van der Waals surface area contributed by atoms with Crippen LogP contribution >= 0.6 is 0 Å². The van der Waals surface area contributed by atoms with Crippen molar-refractivity contribution >= 4 is 23.4 Å². The van der Waals surface area contributed by atoms with Crippen LogP contribution in [0.4, 0.5) is 5.69 Å². The number of hydrogen-bond donors (Lipinski definition) is 3. The van der Waals surface area contributed by atoms with Gasteiger partial charge in [-0.25, -0.2) is 0 Å². The van der Waals surface area contributed by atoms with E-state index in [-0.39, 0.29) is 6.42 Å². The number of nitrogens with one attached hydrogen (secondary N) is 3. The number of carbonyl (C=O) groups excluding carboxylic acids is 3. The van der Waals surface area contributed by atoms with Crippen molar-refractivity contribution in [3.63, 3.8) is 0 Å². The molecule has 134 valence electrons. The Morgan fingerprint density at radius 1 is 1.12 bits per heavy atom. The maximum atomic E-state index is 12.5. The monoisotopic (exact) mass is 353 g/mol. The van der Waals surface area contributed by atoms with Gasteiger partial charge in [0.2, 0.25) is 5.91 Å². The largest absolute Gasteiger partial charge is 0.465 e. The van der Waals surface area contributed by atoms with E-state index in [1.54, 1.807) is 24.3 Å². The van der Waals surface area contributed by atoms with Gasteiger partial charge in [-0.2, -0.15) is 0 Å². The lowest BCUT2D eigenvalue weighted by atomic mass is 10.0. The summed E-state index contributed by atoms with van der Waals surface area (Å²) in [6.45, 7) is 3.24. The number of carbonyl (C=O) groups is 3. The molecule has 0 saturated heterocycles. The first-order valence-corrected chi connectivity index (χ1v) is 8.13. The van der Waals surface area contributed by atoms with E-state index in [0.717, 1.165) is 11.1 Å². The van der Waals surface area contributed by atoms with Gasteiger partial charge < -0.3 is 10.1 Å². The van der Waals surface area contributed by atoms with E-state index in [9.17, 15) is 14.4 Å². The van der Waals surface area contributed by atoms with Gasteiger partial charge >= 0.3 is 0 Å². The summed E-state index contributed by atoms with van der Waals surface area (Å²) in [5, 5.41) is 2.66. The fourth-order valence-corrected chi connectivity index (χ4v) is 2.56. The second-order valence-electron chi connectivity index (χ2n) is 6.25. The Balaban J connectivity index is 1.64. The summed E-state index contributed by atoms with van der Waals surface area (Å²) in [6.07, 6.45) is 0.104. The molecule has 7 heteroatoms. The van der Waals surface area contributed by atoms with Crippen molar-refractivity contribution in [2.75, 3.05) is 5.32 Å². The average molecular weight is 353 g/mol. The Bertz CT molecular complexity index is 866. The van der Waals surface area contributed by atoms with Crippen molar-refractivity contribution in [3.8, 4) is 5.75 Å². The fourth-order valence-electron chi connectivity index (χ4n) is 2.56. The normalized spacial score (nSPS) is 18.2. The fraction of sp³-hybridized carbons (Fsp3) is 0.211. The molecule has 0 aromatic heterocycles. The zero-order valence-electron chi connectivity index (χ0n) is 14.5. The topological polar surface area (TPSA) is 96.5 Å². The third-order valence-electron chi connectivity index (χ3n) is 4.09. The van der Waals surface area contributed by atoms with Crippen LogP contribution in [0.15, 0.2) is 48.5 Å². The van der Waals surface area contributed by atoms with Crippen molar-refractivity contribution in [2.45, 2.75) is 25.9 Å². The van der Waals surface area contributed by atoms with Gasteiger partial charge in [0.25, 0.3) is 17.4 Å². The van der Waals surface area contributed by atoms with Gasteiger partial charge in [0.15, 0.2) is 0 Å². The van der Waals surface area contributed by atoms with Crippen molar-refractivity contribution in [2.24, 2.45) is 0 Å². The zero-order valence-corrected chi connectivity index (χ0v) is 14.5. The van der Waals surface area contributed by atoms with Crippen LogP contribution in [-0.4, -0.2) is 23.3 Å². The number of aryl methyl sites for hydroxylation is 1. The van der Waals surface area contributed by atoms with E-state index in [4.69, 9.17) is 4.74 Å². The smallest absolute Gasteiger partial charge is 0.292 e. The summed E-state index contributed by atoms with van der Waals surface area (Å²) in [5.74, 6) is -1.38. The van der Waals surface area contributed by atoms with E-state index in [1.807, 2.05) is 31.2 Å². The minimum Gasteiger partial charge on any atom is -0.465 e. The number of ether oxygens (including phenoxy) is 1. The van der Waals surface area contributed by atoms with Crippen molar-refractivity contribution in [1.82, 2.24) is 10.9 Å². The molecule has 2 aromatic rings. The van der Waals surface area contributed by atoms with Gasteiger partial charge in [-0.3, -0.25) is 25.2 Å². The number of hydrogen-bond acceptors (Lipinski definition) is 4. The Morgan fingerprint density at radius 2 is 1.85 bits per heavy atom. The first kappa shape index (κ1) is 17.5. The van der Waals surface area contributed by atoms with Crippen LogP contribution in [0.5, 0.6) is 5.75 Å². The summed E-state index contributed by atoms with van der Waals surface area (Å²) in [7, 11) is 0. The average Bonchev–Trinajstić information content (AvgIpc) is 2.62. The van der Waals surface area contributed by atoms with Crippen LogP contribution in [0.3, 0.4) is 0 Å². The van der Waals surface area contributed by atoms with E-state index in [1.165, 1.54) is 6.92 Å². The molecule has 2 aromatic carbocycles. The number of fused-ring (bicyclic) bond motifs is 1. The summed E-state index contributed by atoms with van der Waals surface area (Å²) in [5.41, 5.74) is 5.05. The molecule has 1 heterocycles.